The van der Waals surface area contributed by atoms with Crippen LogP contribution in [-0.2, 0) is 10.0 Å². The zero-order valence-electron chi connectivity index (χ0n) is 16.5. The van der Waals surface area contributed by atoms with Gasteiger partial charge in [0.2, 0.25) is 5.95 Å². The Hall–Kier alpha value is -3.20. The average Bonchev–Trinajstić information content (AvgIpc) is 3.24. The smallest absolute Gasteiger partial charge is 0.264 e. The van der Waals surface area contributed by atoms with Crippen LogP contribution in [0.5, 0.6) is 0 Å². The molecule has 0 bridgehead atoms. The second-order valence-electron chi connectivity index (χ2n) is 7.13. The van der Waals surface area contributed by atoms with Gasteiger partial charge in [-0.15, -0.1) is 0 Å². The summed E-state index contributed by atoms with van der Waals surface area (Å²) in [6.45, 7) is 3.84. The van der Waals surface area contributed by atoms with E-state index in [2.05, 4.69) is 24.9 Å². The van der Waals surface area contributed by atoms with Gasteiger partial charge in [0, 0.05) is 36.2 Å². The number of rotatable bonds is 6. The molecule has 0 spiro atoms. The van der Waals surface area contributed by atoms with Crippen molar-refractivity contribution >= 4 is 33.2 Å². The molecule has 156 valence electrons. The maximum Gasteiger partial charge on any atom is 0.264 e. The van der Waals surface area contributed by atoms with Crippen LogP contribution in [0.15, 0.2) is 59.5 Å². The largest absolute Gasteiger partial charge is 0.341 e. The number of halogens is 1. The summed E-state index contributed by atoms with van der Waals surface area (Å²) in [5.41, 5.74) is 1.94. The molecule has 1 saturated heterocycles. The molecular formula is C21H22FN5O2S. The third-order valence-electron chi connectivity index (χ3n) is 4.77. The normalized spacial score (nSPS) is 14.0. The molecule has 0 amide bonds. The highest BCUT2D eigenvalue weighted by Crippen LogP contribution is 2.24. The maximum absolute atomic E-state index is 13.8. The minimum atomic E-state index is -4.01. The van der Waals surface area contributed by atoms with Crippen molar-refractivity contribution in [2.24, 2.45) is 0 Å². The number of sulfonamides is 1. The molecule has 0 aliphatic carbocycles. The van der Waals surface area contributed by atoms with Crippen molar-refractivity contribution in [1.29, 1.82) is 0 Å². The van der Waals surface area contributed by atoms with Gasteiger partial charge in [0.25, 0.3) is 10.0 Å². The van der Waals surface area contributed by atoms with Crippen molar-refractivity contribution < 1.29 is 12.8 Å². The Balaban J connectivity index is 1.48. The molecule has 0 radical (unpaired) electrons. The third kappa shape index (κ3) is 4.51. The number of anilines is 4. The molecule has 1 fully saturated rings. The predicted octanol–water partition coefficient (Wildman–Crippen LogP) is 4.07. The van der Waals surface area contributed by atoms with E-state index in [1.54, 1.807) is 24.3 Å². The van der Waals surface area contributed by atoms with Gasteiger partial charge in [0.05, 0.1) is 0 Å². The minimum absolute atomic E-state index is 0.334. The second-order valence-corrected chi connectivity index (χ2v) is 8.78. The summed E-state index contributed by atoms with van der Waals surface area (Å²) in [5, 5.41) is 3.22. The topological polar surface area (TPSA) is 87.2 Å². The van der Waals surface area contributed by atoms with Crippen molar-refractivity contribution in [1.82, 2.24) is 9.97 Å². The fourth-order valence-electron chi connectivity index (χ4n) is 3.32. The van der Waals surface area contributed by atoms with Crippen LogP contribution in [0.4, 0.5) is 27.5 Å². The number of hydrogen-bond acceptors (Lipinski definition) is 6. The molecule has 4 rings (SSSR count). The van der Waals surface area contributed by atoms with E-state index >= 15 is 0 Å². The highest BCUT2D eigenvalue weighted by Gasteiger charge is 2.19. The number of nitrogens with zero attached hydrogens (tertiary/aromatic N) is 3. The van der Waals surface area contributed by atoms with E-state index < -0.39 is 20.7 Å². The third-order valence-corrected chi connectivity index (χ3v) is 6.18. The van der Waals surface area contributed by atoms with Gasteiger partial charge in [0.1, 0.15) is 16.5 Å². The Bertz CT molecular complexity index is 1150. The Morgan fingerprint density at radius 1 is 0.967 bits per heavy atom. The highest BCUT2D eigenvalue weighted by atomic mass is 32.2. The lowest BCUT2D eigenvalue weighted by molar-refractivity contribution is 0.570. The van der Waals surface area contributed by atoms with Gasteiger partial charge in [-0.2, -0.15) is 4.98 Å². The van der Waals surface area contributed by atoms with E-state index in [9.17, 15) is 12.8 Å². The lowest BCUT2D eigenvalue weighted by Crippen LogP contribution is -2.21. The fourth-order valence-corrected chi connectivity index (χ4v) is 4.46. The van der Waals surface area contributed by atoms with Crippen LogP contribution in [-0.4, -0.2) is 31.5 Å². The van der Waals surface area contributed by atoms with E-state index in [1.165, 1.54) is 18.2 Å². The van der Waals surface area contributed by atoms with Gasteiger partial charge in [-0.1, -0.05) is 12.1 Å². The van der Waals surface area contributed by atoms with Gasteiger partial charge in [0.15, 0.2) is 0 Å². The molecular weight excluding hydrogens is 405 g/mol. The van der Waals surface area contributed by atoms with Crippen LogP contribution < -0.4 is 14.9 Å². The summed E-state index contributed by atoms with van der Waals surface area (Å²) in [7, 11) is -4.01. The summed E-state index contributed by atoms with van der Waals surface area (Å²) in [4.78, 5) is 10.9. The summed E-state index contributed by atoms with van der Waals surface area (Å²) >= 11 is 0. The zero-order chi connectivity index (χ0) is 21.1. The number of nitrogens with one attached hydrogen (secondary N) is 2. The molecule has 1 aliphatic heterocycles. The Morgan fingerprint density at radius 3 is 2.33 bits per heavy atom. The number of aryl methyl sites for hydroxylation is 1. The quantitative estimate of drug-likeness (QED) is 0.617. The molecule has 0 atom stereocenters. The van der Waals surface area contributed by atoms with Gasteiger partial charge in [-0.3, -0.25) is 4.72 Å². The highest BCUT2D eigenvalue weighted by molar-refractivity contribution is 7.92. The van der Waals surface area contributed by atoms with Crippen LogP contribution in [0.25, 0.3) is 0 Å². The Kier molecular flexibility index (Phi) is 5.54. The molecule has 7 nitrogen and oxygen atoms in total. The van der Waals surface area contributed by atoms with Crippen LogP contribution in [0, 0.1) is 12.7 Å². The van der Waals surface area contributed by atoms with Crippen molar-refractivity contribution in [2.45, 2.75) is 24.7 Å². The van der Waals surface area contributed by atoms with Crippen molar-refractivity contribution in [2.75, 3.05) is 28.0 Å². The summed E-state index contributed by atoms with van der Waals surface area (Å²) in [5.74, 6) is 0.588. The molecule has 0 unspecified atom stereocenters. The second kappa shape index (κ2) is 8.27. The van der Waals surface area contributed by atoms with Gasteiger partial charge in [-0.05, 0) is 56.2 Å². The standard InChI is InChI=1S/C21H22FN5O2S/c1-15-14-20(25-21(23-15)27-12-4-5-13-27)24-16-8-10-17(11-9-16)26-30(28,29)19-7-3-2-6-18(19)22/h2-3,6-11,14,26H,4-5,12-13H2,1H3,(H,23,24,25). The predicted molar refractivity (Wildman–Crippen MR) is 115 cm³/mol. The Labute approximate surface area is 175 Å². The van der Waals surface area contributed by atoms with Gasteiger partial charge < -0.3 is 10.2 Å². The Morgan fingerprint density at radius 2 is 1.63 bits per heavy atom. The van der Waals surface area contributed by atoms with Gasteiger partial charge in [-0.25, -0.2) is 17.8 Å². The molecule has 30 heavy (non-hydrogen) atoms. The SMILES string of the molecule is Cc1cc(Nc2ccc(NS(=O)(=O)c3ccccc3F)cc2)nc(N2CCCC2)n1. The number of aromatic nitrogens is 2. The van der Waals surface area contributed by atoms with E-state index in [1.807, 2.05) is 13.0 Å². The molecule has 2 N–H and O–H groups in total. The molecule has 0 saturated carbocycles. The van der Waals surface area contributed by atoms with Gasteiger partial charge >= 0.3 is 0 Å². The van der Waals surface area contributed by atoms with E-state index in [0.29, 0.717) is 17.5 Å². The van der Waals surface area contributed by atoms with Crippen LogP contribution >= 0.6 is 0 Å². The average molecular weight is 428 g/mol. The van der Waals surface area contributed by atoms with Crippen LogP contribution in [0.1, 0.15) is 18.5 Å². The molecule has 3 aromatic rings. The van der Waals surface area contributed by atoms with Crippen LogP contribution in [0.3, 0.4) is 0 Å². The zero-order valence-corrected chi connectivity index (χ0v) is 17.3. The first-order valence-corrected chi connectivity index (χ1v) is 11.1. The maximum atomic E-state index is 13.8. The van der Waals surface area contributed by atoms with Crippen molar-refractivity contribution in [3.63, 3.8) is 0 Å². The first-order valence-electron chi connectivity index (χ1n) is 9.66. The first kappa shape index (κ1) is 20.1. The summed E-state index contributed by atoms with van der Waals surface area (Å²) in [6.07, 6.45) is 2.29. The number of hydrogen-bond donors (Lipinski definition) is 2. The van der Waals surface area contributed by atoms with Crippen molar-refractivity contribution in [3.8, 4) is 0 Å². The molecule has 1 aliphatic rings. The number of benzene rings is 2. The monoisotopic (exact) mass is 427 g/mol. The fraction of sp³-hybridized carbons (Fsp3) is 0.238. The minimum Gasteiger partial charge on any atom is -0.341 e. The first-order chi connectivity index (χ1) is 14.4. The van der Waals surface area contributed by atoms with E-state index in [4.69, 9.17) is 0 Å². The van der Waals surface area contributed by atoms with E-state index in [-0.39, 0.29) is 0 Å². The van der Waals surface area contributed by atoms with Crippen LogP contribution in [0.2, 0.25) is 0 Å². The lowest BCUT2D eigenvalue weighted by atomic mass is 10.3. The lowest BCUT2D eigenvalue weighted by Gasteiger charge is -2.17. The summed E-state index contributed by atoms with van der Waals surface area (Å²) < 4.78 is 41.0. The van der Waals surface area contributed by atoms with Crippen molar-refractivity contribution in [3.05, 3.63) is 66.1 Å². The molecule has 1 aromatic heterocycles. The van der Waals surface area contributed by atoms with E-state index in [0.717, 1.165) is 43.4 Å². The summed E-state index contributed by atoms with van der Waals surface area (Å²) in [6, 6.07) is 13.8. The molecule has 2 heterocycles. The molecule has 2 aromatic carbocycles. The molecule has 9 heteroatoms.